The van der Waals surface area contributed by atoms with Gasteiger partial charge in [0, 0.05) is 6.07 Å². The van der Waals surface area contributed by atoms with E-state index in [1.165, 1.54) is 24.3 Å². The van der Waals surface area contributed by atoms with Crippen LogP contribution in [0.1, 0.15) is 13.0 Å². The van der Waals surface area contributed by atoms with Crippen molar-refractivity contribution in [2.75, 3.05) is 6.54 Å². The van der Waals surface area contributed by atoms with Crippen molar-refractivity contribution in [1.82, 2.24) is 15.1 Å². The lowest BCUT2D eigenvalue weighted by Crippen LogP contribution is -2.40. The molecule has 3 N–H and O–H groups in total. The highest BCUT2D eigenvalue weighted by atomic mass is 32.1. The predicted octanol–water partition coefficient (Wildman–Crippen LogP) is 0.134. The van der Waals surface area contributed by atoms with Gasteiger partial charge in [-0.2, -0.15) is 5.10 Å². The molecule has 110 valence electrons. The Balaban J connectivity index is 2.26. The number of aromatic nitrogens is 2. The van der Waals surface area contributed by atoms with Crippen LogP contribution < -0.4 is 16.6 Å². The minimum Gasteiger partial charge on any atom is -0.368 e. The number of hydrogen-bond acceptors (Lipinski definition) is 5. The Morgan fingerprint density at radius 2 is 2.19 bits per heavy atom. The molecule has 0 saturated carbocycles. The van der Waals surface area contributed by atoms with E-state index in [9.17, 15) is 14.4 Å². The first-order valence-corrected chi connectivity index (χ1v) is 7.07. The molecule has 0 bridgehead atoms. The van der Waals surface area contributed by atoms with E-state index in [0.717, 1.165) is 9.56 Å². The molecule has 0 radical (unpaired) electrons. The summed E-state index contributed by atoms with van der Waals surface area (Å²) in [7, 11) is 0. The summed E-state index contributed by atoms with van der Waals surface area (Å²) >= 11 is 1.49. The normalized spacial score (nSPS) is 11.9. The molecule has 0 saturated heterocycles. The monoisotopic (exact) mass is 306 g/mol. The minimum absolute atomic E-state index is 0.275. The number of carbonyl (C=O) groups is 2. The lowest BCUT2D eigenvalue weighted by Gasteiger charge is -2.14. The molecule has 21 heavy (non-hydrogen) atoms. The third-order valence-corrected chi connectivity index (χ3v) is 3.67. The van der Waals surface area contributed by atoms with Gasteiger partial charge in [-0.25, -0.2) is 4.68 Å². The molecule has 0 spiro atoms. The molecule has 1 atom stereocenters. The molecule has 0 aliphatic rings. The van der Waals surface area contributed by atoms with Crippen LogP contribution in [0, 0.1) is 0 Å². The van der Waals surface area contributed by atoms with Crippen molar-refractivity contribution in [3.8, 4) is 10.6 Å². The van der Waals surface area contributed by atoms with Crippen LogP contribution in [0.5, 0.6) is 0 Å². The van der Waals surface area contributed by atoms with Gasteiger partial charge in [-0.3, -0.25) is 14.4 Å². The van der Waals surface area contributed by atoms with E-state index in [1.54, 1.807) is 6.07 Å². The fraction of sp³-hybridized carbons (Fsp3) is 0.231. The topological polar surface area (TPSA) is 107 Å². The van der Waals surface area contributed by atoms with Crippen LogP contribution in [0.3, 0.4) is 0 Å². The molecule has 7 nitrogen and oxygen atoms in total. The van der Waals surface area contributed by atoms with E-state index < -0.39 is 23.4 Å². The van der Waals surface area contributed by atoms with Gasteiger partial charge < -0.3 is 11.1 Å². The van der Waals surface area contributed by atoms with Gasteiger partial charge >= 0.3 is 0 Å². The lowest BCUT2D eigenvalue weighted by molar-refractivity contribution is -0.127. The molecule has 0 aliphatic heterocycles. The summed E-state index contributed by atoms with van der Waals surface area (Å²) in [6, 6.07) is 5.88. The zero-order valence-corrected chi connectivity index (χ0v) is 12.1. The molecular weight excluding hydrogens is 292 g/mol. The zero-order valence-electron chi connectivity index (χ0n) is 11.3. The quantitative estimate of drug-likeness (QED) is 0.819. The third-order valence-electron chi connectivity index (χ3n) is 2.78. The van der Waals surface area contributed by atoms with E-state index in [2.05, 4.69) is 10.4 Å². The van der Waals surface area contributed by atoms with Gasteiger partial charge in [-0.05, 0) is 24.4 Å². The largest absolute Gasteiger partial charge is 0.368 e. The highest BCUT2D eigenvalue weighted by Crippen LogP contribution is 2.21. The highest BCUT2D eigenvalue weighted by molar-refractivity contribution is 7.13. The highest BCUT2D eigenvalue weighted by Gasteiger charge is 2.18. The molecular formula is C13H14N4O3S. The molecule has 2 rings (SSSR count). The van der Waals surface area contributed by atoms with Crippen LogP contribution in [0.15, 0.2) is 34.4 Å². The number of carbonyl (C=O) groups excluding carboxylic acids is 2. The second kappa shape index (κ2) is 6.31. The molecule has 0 aromatic carbocycles. The summed E-state index contributed by atoms with van der Waals surface area (Å²) in [6.45, 7) is 1.26. The number of amides is 2. The van der Waals surface area contributed by atoms with Gasteiger partial charge in [-0.1, -0.05) is 6.07 Å². The fourth-order valence-corrected chi connectivity index (χ4v) is 2.38. The Labute approximate surface area is 124 Å². The summed E-state index contributed by atoms with van der Waals surface area (Å²) in [5, 5.41) is 8.45. The number of rotatable bonds is 5. The standard InChI is InChI=1S/C13H14N4O3S/c1-8(13(20)15-7-11(14)18)17-12(19)5-4-9(16-17)10-3-2-6-21-10/h2-6,8H,7H2,1H3,(H2,14,18)(H,15,20). The van der Waals surface area contributed by atoms with Gasteiger partial charge in [0.2, 0.25) is 11.8 Å². The van der Waals surface area contributed by atoms with Crippen LogP contribution in [0.4, 0.5) is 0 Å². The van der Waals surface area contributed by atoms with Gasteiger partial charge in [0.15, 0.2) is 0 Å². The van der Waals surface area contributed by atoms with Crippen molar-refractivity contribution in [3.63, 3.8) is 0 Å². The minimum atomic E-state index is -0.836. The second-order valence-electron chi connectivity index (χ2n) is 4.34. The Morgan fingerprint density at radius 1 is 1.43 bits per heavy atom. The maximum atomic E-state index is 11.9. The Morgan fingerprint density at radius 3 is 2.81 bits per heavy atom. The van der Waals surface area contributed by atoms with E-state index in [-0.39, 0.29) is 6.54 Å². The molecule has 0 aliphatic carbocycles. The summed E-state index contributed by atoms with van der Waals surface area (Å²) in [4.78, 5) is 35.3. The average molecular weight is 306 g/mol. The average Bonchev–Trinajstić information content (AvgIpc) is 2.98. The van der Waals surface area contributed by atoms with E-state index in [1.807, 2.05) is 17.5 Å². The molecule has 2 aromatic heterocycles. The van der Waals surface area contributed by atoms with Crippen molar-refractivity contribution in [3.05, 3.63) is 40.0 Å². The summed E-state index contributed by atoms with van der Waals surface area (Å²) in [5.41, 5.74) is 5.18. The van der Waals surface area contributed by atoms with Crippen molar-refractivity contribution in [1.29, 1.82) is 0 Å². The van der Waals surface area contributed by atoms with Crippen LogP contribution in [-0.4, -0.2) is 28.1 Å². The third kappa shape index (κ3) is 3.54. The first-order chi connectivity index (χ1) is 9.99. The zero-order chi connectivity index (χ0) is 15.4. The van der Waals surface area contributed by atoms with Gasteiger partial charge in [0.1, 0.15) is 11.7 Å². The van der Waals surface area contributed by atoms with Gasteiger partial charge in [0.25, 0.3) is 5.56 Å². The molecule has 2 heterocycles. The number of hydrogen-bond donors (Lipinski definition) is 2. The van der Waals surface area contributed by atoms with Crippen molar-refractivity contribution >= 4 is 23.2 Å². The summed E-state index contributed by atoms with van der Waals surface area (Å²) in [5.74, 6) is -1.14. The van der Waals surface area contributed by atoms with Crippen molar-refractivity contribution in [2.24, 2.45) is 5.73 Å². The fourth-order valence-electron chi connectivity index (χ4n) is 1.69. The SMILES string of the molecule is CC(C(=O)NCC(N)=O)n1nc(-c2cccs2)ccc1=O. The predicted molar refractivity (Wildman–Crippen MR) is 78.7 cm³/mol. The first kappa shape index (κ1) is 14.9. The number of thiophene rings is 1. The maximum Gasteiger partial charge on any atom is 0.267 e. The van der Waals surface area contributed by atoms with Crippen LogP contribution in [0.2, 0.25) is 0 Å². The summed E-state index contributed by atoms with van der Waals surface area (Å²) < 4.78 is 1.09. The van der Waals surface area contributed by atoms with Crippen molar-refractivity contribution < 1.29 is 9.59 Å². The van der Waals surface area contributed by atoms with Crippen molar-refractivity contribution in [2.45, 2.75) is 13.0 Å². The number of nitrogens with two attached hydrogens (primary N) is 1. The molecule has 2 aromatic rings. The van der Waals surface area contributed by atoms with Crippen LogP contribution in [-0.2, 0) is 9.59 Å². The Bertz CT molecular complexity index is 708. The molecule has 2 amide bonds. The van der Waals surface area contributed by atoms with Crippen LogP contribution >= 0.6 is 11.3 Å². The van der Waals surface area contributed by atoms with E-state index >= 15 is 0 Å². The molecule has 8 heteroatoms. The molecule has 0 fully saturated rings. The number of nitrogens with one attached hydrogen (secondary N) is 1. The molecule has 1 unspecified atom stereocenters. The number of nitrogens with zero attached hydrogens (tertiary/aromatic N) is 2. The maximum absolute atomic E-state index is 11.9. The summed E-state index contributed by atoms with van der Waals surface area (Å²) in [6.07, 6.45) is 0. The smallest absolute Gasteiger partial charge is 0.267 e. The Hall–Kier alpha value is -2.48. The van der Waals surface area contributed by atoms with Gasteiger partial charge in [0.05, 0.1) is 11.4 Å². The van der Waals surface area contributed by atoms with E-state index in [0.29, 0.717) is 5.69 Å². The van der Waals surface area contributed by atoms with Crippen LogP contribution in [0.25, 0.3) is 10.6 Å². The van der Waals surface area contributed by atoms with E-state index in [4.69, 9.17) is 5.73 Å². The second-order valence-corrected chi connectivity index (χ2v) is 5.29. The Kier molecular flexibility index (Phi) is 4.49. The lowest BCUT2D eigenvalue weighted by atomic mass is 10.3. The number of primary amides is 1. The first-order valence-electron chi connectivity index (χ1n) is 6.19. The van der Waals surface area contributed by atoms with Gasteiger partial charge in [-0.15, -0.1) is 11.3 Å².